The Bertz CT molecular complexity index is 987. The van der Waals surface area contributed by atoms with Crippen molar-refractivity contribution in [2.45, 2.75) is 64.7 Å². The van der Waals surface area contributed by atoms with Crippen molar-refractivity contribution in [1.29, 1.82) is 0 Å². The number of rotatable bonds is 9. The number of halogens is 1. The van der Waals surface area contributed by atoms with Crippen molar-refractivity contribution in [3.05, 3.63) is 51.7 Å². The second-order valence-corrected chi connectivity index (χ2v) is 13.0. The standard InChI is InChI=1S/C23H34FN3O2S2/c1-17(2)31(28,29)26-15-23(11-10-20-8-9-21(24)30-20)12-13-27(16-23)22(4,5)19-7-6-18(3)25-14-19/h6-9,14,17,26H,10-13,15-16H2,1-5H3/t23-/m0/s1. The maximum Gasteiger partial charge on any atom is 0.213 e. The molecule has 1 saturated heterocycles. The van der Waals surface area contributed by atoms with Gasteiger partial charge in [-0.3, -0.25) is 9.88 Å². The average molecular weight is 468 g/mol. The van der Waals surface area contributed by atoms with Gasteiger partial charge in [0.1, 0.15) is 0 Å². The second kappa shape index (κ2) is 9.25. The molecule has 8 heteroatoms. The smallest absolute Gasteiger partial charge is 0.213 e. The van der Waals surface area contributed by atoms with Crippen LogP contribution in [0.5, 0.6) is 0 Å². The van der Waals surface area contributed by atoms with E-state index in [2.05, 4.69) is 34.5 Å². The molecule has 31 heavy (non-hydrogen) atoms. The van der Waals surface area contributed by atoms with Gasteiger partial charge >= 0.3 is 0 Å². The first-order valence-corrected chi connectivity index (χ1v) is 13.2. The van der Waals surface area contributed by atoms with Crippen molar-refractivity contribution in [3.63, 3.8) is 0 Å². The minimum Gasteiger partial charge on any atom is -0.293 e. The summed E-state index contributed by atoms with van der Waals surface area (Å²) in [5, 5.41) is -0.644. The molecule has 1 atom stereocenters. The number of sulfonamides is 1. The highest BCUT2D eigenvalue weighted by atomic mass is 32.2. The normalized spacial score (nSPS) is 20.6. The summed E-state index contributed by atoms with van der Waals surface area (Å²) in [6.45, 7) is 11.8. The zero-order chi connectivity index (χ0) is 22.9. The van der Waals surface area contributed by atoms with Crippen molar-refractivity contribution in [3.8, 4) is 0 Å². The van der Waals surface area contributed by atoms with E-state index in [1.807, 2.05) is 25.3 Å². The van der Waals surface area contributed by atoms with Gasteiger partial charge in [-0.1, -0.05) is 6.07 Å². The summed E-state index contributed by atoms with van der Waals surface area (Å²) in [6.07, 6.45) is 4.39. The van der Waals surface area contributed by atoms with E-state index in [4.69, 9.17) is 0 Å². The first-order valence-electron chi connectivity index (χ1n) is 10.8. The molecule has 0 amide bonds. The van der Waals surface area contributed by atoms with Crippen LogP contribution in [0, 0.1) is 17.5 Å². The lowest BCUT2D eigenvalue weighted by Gasteiger charge is -2.38. The molecule has 0 aromatic carbocycles. The summed E-state index contributed by atoms with van der Waals surface area (Å²) in [5.41, 5.74) is 1.73. The number of nitrogens with zero attached hydrogens (tertiary/aromatic N) is 2. The molecular formula is C23H34FN3O2S2. The van der Waals surface area contributed by atoms with E-state index in [0.29, 0.717) is 6.54 Å². The number of likely N-dealkylation sites (tertiary alicyclic amines) is 1. The molecule has 3 rings (SSSR count). The SMILES string of the molecule is Cc1ccc(C(C)(C)N2CC[C@@](CCc3ccc(F)s3)(CNS(=O)(=O)C(C)C)C2)cn1. The Hall–Kier alpha value is -1.35. The van der Waals surface area contributed by atoms with Crippen LogP contribution in [0.3, 0.4) is 0 Å². The maximum atomic E-state index is 13.5. The van der Waals surface area contributed by atoms with Gasteiger partial charge in [-0.2, -0.15) is 4.39 Å². The number of pyridine rings is 1. The molecule has 1 N–H and O–H groups in total. The van der Waals surface area contributed by atoms with E-state index < -0.39 is 15.3 Å². The minimum absolute atomic E-state index is 0.175. The van der Waals surface area contributed by atoms with E-state index >= 15 is 0 Å². The number of nitrogens with one attached hydrogen (secondary N) is 1. The van der Waals surface area contributed by atoms with Crippen molar-refractivity contribution in [2.75, 3.05) is 19.6 Å². The maximum absolute atomic E-state index is 13.5. The molecule has 0 radical (unpaired) electrons. The third-order valence-corrected chi connectivity index (χ3v) is 9.37. The highest BCUT2D eigenvalue weighted by Gasteiger charge is 2.44. The van der Waals surface area contributed by atoms with Crippen molar-refractivity contribution >= 4 is 21.4 Å². The summed E-state index contributed by atoms with van der Waals surface area (Å²) in [4.78, 5) is 7.90. The quantitative estimate of drug-likeness (QED) is 0.591. The molecule has 1 fully saturated rings. The zero-order valence-electron chi connectivity index (χ0n) is 19.1. The van der Waals surface area contributed by atoms with Crippen LogP contribution >= 0.6 is 11.3 Å². The molecule has 3 heterocycles. The molecule has 0 saturated carbocycles. The Morgan fingerprint density at radius 2 is 2.03 bits per heavy atom. The lowest BCUT2D eigenvalue weighted by atomic mass is 9.82. The molecule has 1 aliphatic rings. The number of aromatic nitrogens is 1. The van der Waals surface area contributed by atoms with Gasteiger partial charge in [0, 0.05) is 35.4 Å². The Morgan fingerprint density at radius 1 is 1.29 bits per heavy atom. The number of hydrogen-bond acceptors (Lipinski definition) is 5. The molecule has 0 spiro atoms. The summed E-state index contributed by atoms with van der Waals surface area (Å²) >= 11 is 1.18. The molecule has 2 aromatic rings. The minimum atomic E-state index is -3.35. The zero-order valence-corrected chi connectivity index (χ0v) is 20.7. The van der Waals surface area contributed by atoms with Crippen LogP contribution in [-0.2, 0) is 22.0 Å². The molecule has 0 unspecified atom stereocenters. The highest BCUT2D eigenvalue weighted by molar-refractivity contribution is 7.90. The molecule has 0 bridgehead atoms. The first kappa shape index (κ1) is 24.3. The Morgan fingerprint density at radius 3 is 2.61 bits per heavy atom. The third-order valence-electron chi connectivity index (χ3n) is 6.65. The second-order valence-electron chi connectivity index (χ2n) is 9.54. The van der Waals surface area contributed by atoms with E-state index in [1.54, 1.807) is 13.8 Å². The molecule has 1 aliphatic heterocycles. The lowest BCUT2D eigenvalue weighted by molar-refractivity contribution is 0.128. The van der Waals surface area contributed by atoms with Crippen LogP contribution in [0.15, 0.2) is 30.5 Å². The van der Waals surface area contributed by atoms with Crippen molar-refractivity contribution in [1.82, 2.24) is 14.6 Å². The number of aryl methyl sites for hydroxylation is 2. The van der Waals surface area contributed by atoms with E-state index in [1.165, 1.54) is 17.4 Å². The summed E-state index contributed by atoms with van der Waals surface area (Å²) in [7, 11) is -3.35. The monoisotopic (exact) mass is 467 g/mol. The average Bonchev–Trinajstić information content (AvgIpc) is 3.32. The lowest BCUT2D eigenvalue weighted by Crippen LogP contribution is -2.45. The Kier molecular flexibility index (Phi) is 7.25. The molecule has 5 nitrogen and oxygen atoms in total. The van der Waals surface area contributed by atoms with Crippen molar-refractivity contribution < 1.29 is 12.8 Å². The topological polar surface area (TPSA) is 62.3 Å². The van der Waals surface area contributed by atoms with Gasteiger partial charge in [-0.15, -0.1) is 11.3 Å². The van der Waals surface area contributed by atoms with Gasteiger partial charge in [-0.25, -0.2) is 13.1 Å². The largest absolute Gasteiger partial charge is 0.293 e. The molecule has 172 valence electrons. The fraction of sp³-hybridized carbons (Fsp3) is 0.609. The number of thiophene rings is 1. The fourth-order valence-electron chi connectivity index (χ4n) is 4.16. The van der Waals surface area contributed by atoms with Crippen LogP contribution in [0.1, 0.15) is 56.7 Å². The molecular weight excluding hydrogens is 433 g/mol. The summed E-state index contributed by atoms with van der Waals surface area (Å²) < 4.78 is 41.2. The van der Waals surface area contributed by atoms with Crippen LogP contribution in [0.4, 0.5) is 4.39 Å². The Labute approximate surface area is 190 Å². The van der Waals surface area contributed by atoms with Crippen molar-refractivity contribution in [2.24, 2.45) is 5.41 Å². The summed E-state index contributed by atoms with van der Waals surface area (Å²) in [5.74, 6) is 0. The Balaban J connectivity index is 1.80. The van der Waals surface area contributed by atoms with Gasteiger partial charge < -0.3 is 0 Å². The van der Waals surface area contributed by atoms with Gasteiger partial charge in [0.25, 0.3) is 0 Å². The van der Waals surface area contributed by atoms with Gasteiger partial charge in [0.15, 0.2) is 5.13 Å². The van der Waals surface area contributed by atoms with Crippen LogP contribution in [0.2, 0.25) is 0 Å². The molecule has 2 aromatic heterocycles. The van der Waals surface area contributed by atoms with E-state index in [0.717, 1.165) is 48.5 Å². The predicted octanol–water partition coefficient (Wildman–Crippen LogP) is 4.48. The van der Waals surface area contributed by atoms with Crippen LogP contribution < -0.4 is 4.72 Å². The van der Waals surface area contributed by atoms with E-state index in [-0.39, 0.29) is 16.1 Å². The van der Waals surface area contributed by atoms with Gasteiger partial charge in [-0.05, 0) is 89.6 Å². The summed E-state index contributed by atoms with van der Waals surface area (Å²) in [6, 6.07) is 7.49. The highest BCUT2D eigenvalue weighted by Crippen LogP contribution is 2.41. The molecule has 0 aliphatic carbocycles. The van der Waals surface area contributed by atoms with Gasteiger partial charge in [0.2, 0.25) is 10.0 Å². The van der Waals surface area contributed by atoms with Crippen LogP contribution in [0.25, 0.3) is 0 Å². The third kappa shape index (κ3) is 5.72. The first-order chi connectivity index (χ1) is 14.4. The van der Waals surface area contributed by atoms with E-state index in [9.17, 15) is 12.8 Å². The number of hydrogen-bond donors (Lipinski definition) is 1. The predicted molar refractivity (Wildman–Crippen MR) is 125 cm³/mol. The van der Waals surface area contributed by atoms with Gasteiger partial charge in [0.05, 0.1) is 5.25 Å². The van der Waals surface area contributed by atoms with Crippen LogP contribution in [-0.4, -0.2) is 43.2 Å². The fourth-order valence-corrected chi connectivity index (χ4v) is 5.72.